The van der Waals surface area contributed by atoms with Crippen molar-refractivity contribution in [2.24, 2.45) is 0 Å². The number of carboxylic acids is 1. The van der Waals surface area contributed by atoms with Gasteiger partial charge < -0.3 is 15.3 Å². The van der Waals surface area contributed by atoms with Gasteiger partial charge in [0.05, 0.1) is 12.1 Å². The van der Waals surface area contributed by atoms with Crippen molar-refractivity contribution in [1.29, 1.82) is 0 Å². The average molecular weight is 520 g/mol. The summed E-state index contributed by atoms with van der Waals surface area (Å²) >= 11 is 8.05. The van der Waals surface area contributed by atoms with Crippen LogP contribution in [0.25, 0.3) is 11.3 Å². The Morgan fingerprint density at radius 3 is 2.42 bits per heavy atom. The molecule has 1 aromatic heterocycles. The van der Waals surface area contributed by atoms with E-state index in [0.29, 0.717) is 23.7 Å². The first-order valence-corrected chi connectivity index (χ1v) is 12.7. The van der Waals surface area contributed by atoms with Crippen LogP contribution >= 0.6 is 22.9 Å². The highest BCUT2D eigenvalue weighted by atomic mass is 35.5. The standard InChI is InChI=1S/C28H26ClN3O3S/c1-19-6-10-21(11-7-19)25-18-36-28(31-25)32(17-23-4-2-3-5-24(23)29)16-20-8-12-22(13-9-20)27(35)30-15-14-26(33)34/h2-13,18H,14-17H2,1H3,(H,30,35)(H,33,34). The van der Waals surface area contributed by atoms with Gasteiger partial charge in [-0.15, -0.1) is 11.3 Å². The number of benzene rings is 3. The summed E-state index contributed by atoms with van der Waals surface area (Å²) in [5.74, 6) is -1.24. The molecule has 36 heavy (non-hydrogen) atoms. The fourth-order valence-corrected chi connectivity index (χ4v) is 4.69. The molecule has 0 aliphatic rings. The van der Waals surface area contributed by atoms with E-state index in [1.54, 1.807) is 23.5 Å². The van der Waals surface area contributed by atoms with E-state index in [9.17, 15) is 9.59 Å². The van der Waals surface area contributed by atoms with E-state index in [2.05, 4.69) is 46.8 Å². The van der Waals surface area contributed by atoms with Crippen LogP contribution in [0.4, 0.5) is 5.13 Å². The number of carboxylic acid groups (broad SMARTS) is 1. The lowest BCUT2D eigenvalue weighted by Gasteiger charge is -2.23. The number of rotatable bonds is 10. The van der Waals surface area contributed by atoms with Gasteiger partial charge in [-0.05, 0) is 36.2 Å². The maximum atomic E-state index is 12.3. The number of hydrogen-bond acceptors (Lipinski definition) is 5. The second-order valence-corrected chi connectivity index (χ2v) is 9.67. The SMILES string of the molecule is Cc1ccc(-c2csc(N(Cc3ccc(C(=O)NCCC(=O)O)cc3)Cc3ccccc3Cl)n2)cc1. The van der Waals surface area contributed by atoms with Crippen LogP contribution in [-0.2, 0) is 17.9 Å². The van der Waals surface area contributed by atoms with Crippen LogP contribution in [-0.4, -0.2) is 28.5 Å². The number of carbonyl (C=O) groups is 2. The van der Waals surface area contributed by atoms with E-state index in [1.807, 2.05) is 36.4 Å². The number of aliphatic carboxylic acids is 1. The van der Waals surface area contributed by atoms with E-state index in [0.717, 1.165) is 27.5 Å². The molecule has 0 saturated heterocycles. The Morgan fingerprint density at radius 2 is 1.72 bits per heavy atom. The van der Waals surface area contributed by atoms with E-state index in [-0.39, 0.29) is 18.9 Å². The third-order valence-corrected chi connectivity index (χ3v) is 6.91. The molecule has 0 radical (unpaired) electrons. The summed E-state index contributed by atoms with van der Waals surface area (Å²) in [6.07, 6.45) is -0.112. The number of thiazole rings is 1. The summed E-state index contributed by atoms with van der Waals surface area (Å²) in [4.78, 5) is 30.0. The second-order valence-electron chi connectivity index (χ2n) is 8.43. The Balaban J connectivity index is 1.54. The number of nitrogens with one attached hydrogen (secondary N) is 1. The van der Waals surface area contributed by atoms with E-state index >= 15 is 0 Å². The predicted molar refractivity (Wildman–Crippen MR) is 145 cm³/mol. The first-order valence-electron chi connectivity index (χ1n) is 11.5. The lowest BCUT2D eigenvalue weighted by Crippen LogP contribution is -2.26. The fraction of sp³-hybridized carbons (Fsp3) is 0.179. The van der Waals surface area contributed by atoms with Crippen molar-refractivity contribution >= 4 is 39.9 Å². The second kappa shape index (κ2) is 11.8. The third-order valence-electron chi connectivity index (χ3n) is 5.64. The van der Waals surface area contributed by atoms with Crippen LogP contribution in [0.5, 0.6) is 0 Å². The molecule has 6 nitrogen and oxygen atoms in total. The Morgan fingerprint density at radius 1 is 1.00 bits per heavy atom. The summed E-state index contributed by atoms with van der Waals surface area (Å²) in [6, 6.07) is 23.4. The normalized spacial score (nSPS) is 10.7. The van der Waals surface area contributed by atoms with Gasteiger partial charge in [-0.25, -0.2) is 4.98 Å². The van der Waals surface area contributed by atoms with Crippen molar-refractivity contribution in [1.82, 2.24) is 10.3 Å². The summed E-state index contributed by atoms with van der Waals surface area (Å²) in [7, 11) is 0. The van der Waals surface area contributed by atoms with Gasteiger partial charge in [-0.2, -0.15) is 0 Å². The molecule has 0 aliphatic carbocycles. The number of halogens is 1. The van der Waals surface area contributed by atoms with Crippen molar-refractivity contribution < 1.29 is 14.7 Å². The number of aryl methyl sites for hydroxylation is 1. The smallest absolute Gasteiger partial charge is 0.305 e. The summed E-state index contributed by atoms with van der Waals surface area (Å²) in [6.45, 7) is 3.31. The summed E-state index contributed by atoms with van der Waals surface area (Å²) in [5, 5.41) is 15.0. The van der Waals surface area contributed by atoms with Gasteiger partial charge in [0.1, 0.15) is 0 Å². The zero-order valence-corrected chi connectivity index (χ0v) is 21.4. The highest BCUT2D eigenvalue weighted by molar-refractivity contribution is 7.14. The minimum absolute atomic E-state index is 0.0922. The molecule has 0 aliphatic heterocycles. The van der Waals surface area contributed by atoms with Gasteiger partial charge in [0.15, 0.2) is 5.13 Å². The van der Waals surface area contributed by atoms with Gasteiger partial charge in [0, 0.05) is 41.2 Å². The number of aromatic nitrogens is 1. The van der Waals surface area contributed by atoms with Crippen molar-refractivity contribution in [2.75, 3.05) is 11.4 Å². The van der Waals surface area contributed by atoms with Crippen LogP contribution in [0.2, 0.25) is 5.02 Å². The molecule has 1 heterocycles. The number of nitrogens with zero attached hydrogens (tertiary/aromatic N) is 2. The topological polar surface area (TPSA) is 82.5 Å². The van der Waals surface area contributed by atoms with Gasteiger partial charge in [0.2, 0.25) is 0 Å². The molecule has 0 bridgehead atoms. The quantitative estimate of drug-likeness (QED) is 0.261. The molecular formula is C28H26ClN3O3S. The van der Waals surface area contributed by atoms with Crippen LogP contribution in [0.3, 0.4) is 0 Å². The molecule has 0 unspecified atom stereocenters. The number of anilines is 1. The lowest BCUT2D eigenvalue weighted by atomic mass is 10.1. The molecule has 1 amide bonds. The molecule has 8 heteroatoms. The fourth-order valence-electron chi connectivity index (χ4n) is 3.66. The first kappa shape index (κ1) is 25.4. The molecule has 0 atom stereocenters. The lowest BCUT2D eigenvalue weighted by molar-refractivity contribution is -0.136. The van der Waals surface area contributed by atoms with Gasteiger partial charge >= 0.3 is 5.97 Å². The highest BCUT2D eigenvalue weighted by Crippen LogP contribution is 2.31. The molecule has 0 fully saturated rings. The highest BCUT2D eigenvalue weighted by Gasteiger charge is 2.16. The molecule has 4 aromatic rings. The van der Waals surface area contributed by atoms with Crippen LogP contribution < -0.4 is 10.2 Å². The summed E-state index contributed by atoms with van der Waals surface area (Å²) in [5.41, 5.74) is 5.69. The number of carbonyl (C=O) groups excluding carboxylic acids is 1. The Hall–Kier alpha value is -3.68. The monoisotopic (exact) mass is 519 g/mol. The van der Waals surface area contributed by atoms with Crippen molar-refractivity contribution in [2.45, 2.75) is 26.4 Å². The molecule has 0 saturated carbocycles. The van der Waals surface area contributed by atoms with Crippen LogP contribution in [0.15, 0.2) is 78.2 Å². The van der Waals surface area contributed by atoms with Crippen molar-refractivity contribution in [3.63, 3.8) is 0 Å². The molecule has 4 rings (SSSR count). The van der Waals surface area contributed by atoms with E-state index in [4.69, 9.17) is 21.7 Å². The Labute approximate surface area is 219 Å². The molecule has 2 N–H and O–H groups in total. The minimum atomic E-state index is -0.947. The van der Waals surface area contributed by atoms with Crippen molar-refractivity contribution in [3.05, 3.63) is 105 Å². The largest absolute Gasteiger partial charge is 0.481 e. The molecule has 3 aromatic carbocycles. The summed E-state index contributed by atoms with van der Waals surface area (Å²) < 4.78 is 0. The number of amides is 1. The van der Waals surface area contributed by atoms with Gasteiger partial charge in [-0.3, -0.25) is 9.59 Å². The minimum Gasteiger partial charge on any atom is -0.481 e. The first-order chi connectivity index (χ1) is 17.4. The number of hydrogen-bond donors (Lipinski definition) is 2. The molecule has 184 valence electrons. The van der Waals surface area contributed by atoms with Gasteiger partial charge in [0.25, 0.3) is 5.91 Å². The maximum absolute atomic E-state index is 12.3. The molecule has 0 spiro atoms. The van der Waals surface area contributed by atoms with Crippen LogP contribution in [0, 0.1) is 6.92 Å². The average Bonchev–Trinajstić information content (AvgIpc) is 3.36. The third kappa shape index (κ3) is 6.71. The van der Waals surface area contributed by atoms with E-state index < -0.39 is 5.97 Å². The Bertz CT molecular complexity index is 1340. The maximum Gasteiger partial charge on any atom is 0.305 e. The van der Waals surface area contributed by atoms with Crippen LogP contribution in [0.1, 0.15) is 33.5 Å². The molecular weight excluding hydrogens is 494 g/mol. The Kier molecular flexibility index (Phi) is 8.36. The van der Waals surface area contributed by atoms with Gasteiger partial charge in [-0.1, -0.05) is 71.8 Å². The van der Waals surface area contributed by atoms with Crippen molar-refractivity contribution in [3.8, 4) is 11.3 Å². The zero-order valence-electron chi connectivity index (χ0n) is 19.8. The predicted octanol–water partition coefficient (Wildman–Crippen LogP) is 6.18. The van der Waals surface area contributed by atoms with E-state index in [1.165, 1.54) is 5.56 Å². The zero-order chi connectivity index (χ0) is 25.5.